The summed E-state index contributed by atoms with van der Waals surface area (Å²) in [5, 5.41) is 2.43. The summed E-state index contributed by atoms with van der Waals surface area (Å²) < 4.78 is 9.68. The molecule has 0 atom stereocenters. The van der Waals surface area contributed by atoms with E-state index >= 15 is 0 Å². The molecular formula is C17H29NO4. The van der Waals surface area contributed by atoms with Crippen molar-refractivity contribution >= 4 is 12.1 Å². The number of carbonyl (C=O) groups is 2. The Hall–Kier alpha value is -1.70. The van der Waals surface area contributed by atoms with Crippen LogP contribution in [0.4, 0.5) is 4.79 Å². The highest BCUT2D eigenvalue weighted by molar-refractivity contribution is 5.71. The molecule has 5 heteroatoms. The van der Waals surface area contributed by atoms with E-state index in [0.29, 0.717) is 6.61 Å². The van der Waals surface area contributed by atoms with E-state index in [1.54, 1.807) is 0 Å². The van der Waals surface area contributed by atoms with Crippen LogP contribution in [0.1, 0.15) is 64.7 Å². The number of alkyl carbamates (subject to hydrolysis) is 1. The number of nitrogens with one attached hydrogen (secondary N) is 1. The zero-order valence-electron chi connectivity index (χ0n) is 13.7. The summed E-state index contributed by atoms with van der Waals surface area (Å²) in [6, 6.07) is 0. The first-order chi connectivity index (χ1) is 10.7. The molecular weight excluding hydrogens is 282 g/mol. The molecule has 1 N–H and O–H groups in total. The molecule has 5 nitrogen and oxygen atoms in total. The van der Waals surface area contributed by atoms with Gasteiger partial charge < -0.3 is 14.8 Å². The molecule has 0 heterocycles. The molecule has 0 saturated carbocycles. The number of carbonyl (C=O) groups excluding carboxylic acids is 2. The van der Waals surface area contributed by atoms with Gasteiger partial charge in [0.15, 0.2) is 6.61 Å². The second-order valence-electron chi connectivity index (χ2n) is 5.15. The first kappa shape index (κ1) is 20.3. The highest BCUT2D eigenvalue weighted by atomic mass is 16.5. The lowest BCUT2D eigenvalue weighted by molar-refractivity contribution is -0.143. The average Bonchev–Trinajstić information content (AvgIpc) is 2.51. The Bertz CT molecular complexity index is 336. The largest absolute Gasteiger partial charge is 0.466 e. The molecule has 22 heavy (non-hydrogen) atoms. The molecule has 0 fully saturated rings. The van der Waals surface area contributed by atoms with Crippen LogP contribution in [-0.4, -0.2) is 31.8 Å². The third kappa shape index (κ3) is 14.7. The highest BCUT2D eigenvalue weighted by Gasteiger charge is 2.05. The number of unbranched alkanes of at least 4 members (excludes halogenated alkanes) is 7. The first-order valence-corrected chi connectivity index (χ1v) is 8.20. The van der Waals surface area contributed by atoms with Crippen molar-refractivity contribution < 1.29 is 19.1 Å². The van der Waals surface area contributed by atoms with Crippen LogP contribution < -0.4 is 5.32 Å². The second kappa shape index (κ2) is 15.7. The minimum Gasteiger partial charge on any atom is -0.466 e. The fraction of sp³-hybridized carbons (Fsp3) is 0.765. The summed E-state index contributed by atoms with van der Waals surface area (Å²) in [7, 11) is 0. The Morgan fingerprint density at radius 1 is 1.00 bits per heavy atom. The Labute approximate surface area is 134 Å². The summed E-state index contributed by atoms with van der Waals surface area (Å²) >= 11 is 0. The normalized spacial score (nSPS) is 9.82. The fourth-order valence-corrected chi connectivity index (χ4v) is 1.92. The van der Waals surface area contributed by atoms with Crippen molar-refractivity contribution in [2.45, 2.75) is 64.7 Å². The summed E-state index contributed by atoms with van der Waals surface area (Å²) in [5.41, 5.74) is 0. The summed E-state index contributed by atoms with van der Waals surface area (Å²) in [4.78, 5) is 22.4. The predicted molar refractivity (Wildman–Crippen MR) is 86.4 cm³/mol. The van der Waals surface area contributed by atoms with E-state index in [0.717, 1.165) is 12.8 Å². The maximum atomic E-state index is 11.4. The number of hydrogen-bond acceptors (Lipinski definition) is 4. The van der Waals surface area contributed by atoms with Crippen LogP contribution in [-0.2, 0) is 14.3 Å². The topological polar surface area (TPSA) is 64.6 Å². The second-order valence-corrected chi connectivity index (χ2v) is 5.15. The van der Waals surface area contributed by atoms with Gasteiger partial charge in [-0.25, -0.2) is 4.79 Å². The minimum atomic E-state index is -0.617. The van der Waals surface area contributed by atoms with E-state index in [9.17, 15) is 9.59 Å². The smallest absolute Gasteiger partial charge is 0.408 e. The van der Waals surface area contributed by atoms with Crippen LogP contribution in [0, 0.1) is 12.3 Å². The van der Waals surface area contributed by atoms with Gasteiger partial charge in [-0.1, -0.05) is 57.8 Å². The minimum absolute atomic E-state index is 0.0747. The van der Waals surface area contributed by atoms with Gasteiger partial charge in [-0.2, -0.15) is 0 Å². The monoisotopic (exact) mass is 311 g/mol. The number of hydrogen-bond donors (Lipinski definition) is 1. The van der Waals surface area contributed by atoms with Crippen molar-refractivity contribution in [2.24, 2.45) is 0 Å². The van der Waals surface area contributed by atoms with E-state index < -0.39 is 6.09 Å². The molecule has 0 rings (SSSR count). The fourth-order valence-electron chi connectivity index (χ4n) is 1.92. The van der Waals surface area contributed by atoms with Crippen LogP contribution in [0.2, 0.25) is 0 Å². The SMILES string of the molecule is C#CCOC(=O)NCCC(=O)OCCCCCCCCCC. The van der Waals surface area contributed by atoms with Gasteiger partial charge in [0.05, 0.1) is 13.0 Å². The maximum Gasteiger partial charge on any atom is 0.408 e. The number of amides is 1. The Morgan fingerprint density at radius 3 is 2.27 bits per heavy atom. The predicted octanol–water partition coefficient (Wildman–Crippen LogP) is 3.42. The summed E-state index contributed by atoms with van der Waals surface area (Å²) in [5.74, 6) is 1.88. The van der Waals surface area contributed by atoms with Gasteiger partial charge in [0, 0.05) is 6.54 Å². The van der Waals surface area contributed by atoms with Crippen LogP contribution in [0.3, 0.4) is 0 Å². The number of esters is 1. The Kier molecular flexibility index (Phi) is 14.5. The van der Waals surface area contributed by atoms with Crippen molar-refractivity contribution in [1.82, 2.24) is 5.32 Å². The number of rotatable bonds is 13. The highest BCUT2D eigenvalue weighted by Crippen LogP contribution is 2.08. The standard InChI is InChI=1S/C17H29NO4/c1-3-5-6-7-8-9-10-11-15-21-16(19)12-13-18-17(20)22-14-4-2/h2H,3,5-15H2,1H3,(H,18,20). The van der Waals surface area contributed by atoms with E-state index in [2.05, 4.69) is 22.9 Å². The third-order valence-corrected chi connectivity index (χ3v) is 3.15. The lowest BCUT2D eigenvalue weighted by Gasteiger charge is -2.06. The molecule has 126 valence electrons. The van der Waals surface area contributed by atoms with Gasteiger partial charge in [0.2, 0.25) is 0 Å². The van der Waals surface area contributed by atoms with Crippen molar-refractivity contribution in [1.29, 1.82) is 0 Å². The Morgan fingerprint density at radius 2 is 1.64 bits per heavy atom. The molecule has 0 aliphatic heterocycles. The molecule has 0 saturated heterocycles. The lowest BCUT2D eigenvalue weighted by atomic mass is 10.1. The van der Waals surface area contributed by atoms with Crippen molar-refractivity contribution in [3.05, 3.63) is 0 Å². The van der Waals surface area contributed by atoms with Crippen molar-refractivity contribution in [3.8, 4) is 12.3 Å². The van der Waals surface area contributed by atoms with Gasteiger partial charge in [0.25, 0.3) is 0 Å². The van der Waals surface area contributed by atoms with Crippen LogP contribution >= 0.6 is 0 Å². The summed E-state index contributed by atoms with van der Waals surface area (Å²) in [6.07, 6.45) is 14.1. The quantitative estimate of drug-likeness (QED) is 0.321. The zero-order valence-corrected chi connectivity index (χ0v) is 13.7. The molecule has 0 aromatic carbocycles. The van der Waals surface area contributed by atoms with Crippen molar-refractivity contribution in [3.63, 3.8) is 0 Å². The zero-order chi connectivity index (χ0) is 16.5. The molecule has 0 aliphatic rings. The third-order valence-electron chi connectivity index (χ3n) is 3.15. The van der Waals surface area contributed by atoms with E-state index in [4.69, 9.17) is 11.2 Å². The molecule has 1 amide bonds. The first-order valence-electron chi connectivity index (χ1n) is 8.20. The molecule has 0 bridgehead atoms. The average molecular weight is 311 g/mol. The summed E-state index contributed by atoms with van der Waals surface area (Å²) in [6.45, 7) is 2.79. The molecule has 0 aromatic heterocycles. The molecule has 0 unspecified atom stereocenters. The molecule has 0 spiro atoms. The van der Waals surface area contributed by atoms with Crippen molar-refractivity contribution in [2.75, 3.05) is 19.8 Å². The van der Waals surface area contributed by atoms with Gasteiger partial charge >= 0.3 is 12.1 Å². The van der Waals surface area contributed by atoms with Crippen LogP contribution in [0.25, 0.3) is 0 Å². The number of ether oxygens (including phenoxy) is 2. The van der Waals surface area contributed by atoms with E-state index in [-0.39, 0.29) is 25.5 Å². The molecule has 0 aromatic rings. The van der Waals surface area contributed by atoms with E-state index in [1.807, 2.05) is 0 Å². The van der Waals surface area contributed by atoms with E-state index in [1.165, 1.54) is 38.5 Å². The van der Waals surface area contributed by atoms with Crippen LogP contribution in [0.5, 0.6) is 0 Å². The molecule has 0 aliphatic carbocycles. The lowest BCUT2D eigenvalue weighted by Crippen LogP contribution is -2.27. The van der Waals surface area contributed by atoms with Gasteiger partial charge in [-0.15, -0.1) is 6.42 Å². The Balaban J connectivity index is 3.29. The van der Waals surface area contributed by atoms with Gasteiger partial charge in [-0.05, 0) is 6.42 Å². The molecule has 0 radical (unpaired) electrons. The van der Waals surface area contributed by atoms with Crippen LogP contribution in [0.15, 0.2) is 0 Å². The van der Waals surface area contributed by atoms with Gasteiger partial charge in [-0.3, -0.25) is 4.79 Å². The number of terminal acetylenes is 1. The maximum absolute atomic E-state index is 11.4. The van der Waals surface area contributed by atoms with Gasteiger partial charge in [0.1, 0.15) is 0 Å².